The predicted octanol–water partition coefficient (Wildman–Crippen LogP) is 2.32. The first-order chi connectivity index (χ1) is 6.27. The van der Waals surface area contributed by atoms with Crippen molar-refractivity contribution >= 4 is 12.0 Å². The first kappa shape index (κ1) is 8.05. The lowest BCUT2D eigenvalue weighted by molar-refractivity contribution is -0.133. The molecule has 2 rings (SSSR count). The first-order valence-corrected chi connectivity index (χ1v) is 4.24. The van der Waals surface area contributed by atoms with Gasteiger partial charge in [-0.05, 0) is 12.5 Å². The highest BCUT2D eigenvalue weighted by atomic mass is 16.5. The van der Waals surface area contributed by atoms with Crippen LogP contribution in [0.4, 0.5) is 0 Å². The second-order valence-electron chi connectivity index (χ2n) is 3.07. The number of hydrogen-bond acceptors (Lipinski definition) is 2. The Morgan fingerprint density at radius 2 is 2.23 bits per heavy atom. The monoisotopic (exact) mass is 174 g/mol. The highest BCUT2D eigenvalue weighted by Gasteiger charge is 2.12. The molecule has 2 nitrogen and oxygen atoms in total. The molecular formula is C11H10O2. The summed E-state index contributed by atoms with van der Waals surface area (Å²) in [4.78, 5) is 11.1. The van der Waals surface area contributed by atoms with Crippen LogP contribution in [0.5, 0.6) is 5.75 Å². The van der Waals surface area contributed by atoms with E-state index in [-0.39, 0.29) is 5.97 Å². The van der Waals surface area contributed by atoms with E-state index in [9.17, 15) is 4.79 Å². The summed E-state index contributed by atoms with van der Waals surface area (Å²) in [5.74, 6) is 0.505. The van der Waals surface area contributed by atoms with Crippen LogP contribution in [-0.4, -0.2) is 5.97 Å². The number of rotatable bonds is 0. The van der Waals surface area contributed by atoms with Crippen molar-refractivity contribution in [1.29, 1.82) is 0 Å². The van der Waals surface area contributed by atoms with Crippen molar-refractivity contribution in [3.8, 4) is 5.75 Å². The molecule has 0 radical (unpaired) electrons. The number of benzene rings is 1. The summed E-state index contributed by atoms with van der Waals surface area (Å²) in [6, 6.07) is 5.83. The SMILES string of the molecule is Cc1cccc2c1OC(=O)CC=C2. The van der Waals surface area contributed by atoms with Crippen LogP contribution >= 0.6 is 0 Å². The summed E-state index contributed by atoms with van der Waals surface area (Å²) in [7, 11) is 0. The maximum Gasteiger partial charge on any atom is 0.315 e. The molecule has 0 saturated carbocycles. The third-order valence-electron chi connectivity index (χ3n) is 2.04. The number of carbonyl (C=O) groups is 1. The Labute approximate surface area is 76.8 Å². The molecule has 0 atom stereocenters. The van der Waals surface area contributed by atoms with Gasteiger partial charge in [-0.25, -0.2) is 0 Å². The van der Waals surface area contributed by atoms with Crippen molar-refractivity contribution in [2.45, 2.75) is 13.3 Å². The molecule has 13 heavy (non-hydrogen) atoms. The summed E-state index contributed by atoms with van der Waals surface area (Å²) >= 11 is 0. The normalized spacial score (nSPS) is 14.7. The van der Waals surface area contributed by atoms with E-state index in [1.165, 1.54) is 0 Å². The number of hydrogen-bond donors (Lipinski definition) is 0. The van der Waals surface area contributed by atoms with Crippen molar-refractivity contribution in [1.82, 2.24) is 0 Å². The van der Waals surface area contributed by atoms with Crippen LogP contribution in [0.2, 0.25) is 0 Å². The largest absolute Gasteiger partial charge is 0.425 e. The average Bonchev–Trinajstić information content (AvgIpc) is 2.28. The van der Waals surface area contributed by atoms with Gasteiger partial charge in [-0.1, -0.05) is 30.4 Å². The fourth-order valence-corrected chi connectivity index (χ4v) is 1.38. The van der Waals surface area contributed by atoms with Crippen molar-refractivity contribution < 1.29 is 9.53 Å². The fourth-order valence-electron chi connectivity index (χ4n) is 1.38. The third-order valence-corrected chi connectivity index (χ3v) is 2.04. The number of para-hydroxylation sites is 1. The number of esters is 1. The highest BCUT2D eigenvalue weighted by Crippen LogP contribution is 2.26. The molecule has 0 bridgehead atoms. The van der Waals surface area contributed by atoms with Gasteiger partial charge in [0.25, 0.3) is 0 Å². The van der Waals surface area contributed by atoms with Crippen molar-refractivity contribution in [2.75, 3.05) is 0 Å². The highest BCUT2D eigenvalue weighted by molar-refractivity contribution is 5.79. The van der Waals surface area contributed by atoms with E-state index >= 15 is 0 Å². The maximum absolute atomic E-state index is 11.1. The predicted molar refractivity (Wildman–Crippen MR) is 50.5 cm³/mol. The molecule has 0 aliphatic carbocycles. The van der Waals surface area contributed by atoms with Gasteiger partial charge in [0.15, 0.2) is 0 Å². The van der Waals surface area contributed by atoms with Gasteiger partial charge in [-0.3, -0.25) is 4.79 Å². The van der Waals surface area contributed by atoms with Crippen LogP contribution in [0, 0.1) is 6.92 Å². The number of fused-ring (bicyclic) bond motifs is 1. The van der Waals surface area contributed by atoms with E-state index in [1.807, 2.05) is 37.3 Å². The molecule has 0 spiro atoms. The molecule has 0 unspecified atom stereocenters. The zero-order chi connectivity index (χ0) is 9.26. The first-order valence-electron chi connectivity index (χ1n) is 4.24. The summed E-state index contributed by atoms with van der Waals surface area (Å²) < 4.78 is 5.19. The Morgan fingerprint density at radius 1 is 1.38 bits per heavy atom. The molecule has 0 amide bonds. The van der Waals surface area contributed by atoms with Crippen LogP contribution in [0.1, 0.15) is 17.5 Å². The Balaban J connectivity index is 2.55. The summed E-state index contributed by atoms with van der Waals surface area (Å²) in [5.41, 5.74) is 1.98. The van der Waals surface area contributed by atoms with Crippen molar-refractivity contribution in [3.05, 3.63) is 35.4 Å². The molecular weight excluding hydrogens is 164 g/mol. The third kappa shape index (κ3) is 1.47. The quantitative estimate of drug-likeness (QED) is 0.445. The Hall–Kier alpha value is -1.57. The number of aryl methyl sites for hydroxylation is 1. The van der Waals surface area contributed by atoms with E-state index in [4.69, 9.17) is 4.74 Å². The van der Waals surface area contributed by atoms with Crippen molar-refractivity contribution in [2.24, 2.45) is 0 Å². The molecule has 2 heteroatoms. The van der Waals surface area contributed by atoms with E-state index in [0.717, 1.165) is 11.1 Å². The van der Waals surface area contributed by atoms with Crippen molar-refractivity contribution in [3.63, 3.8) is 0 Å². The van der Waals surface area contributed by atoms with E-state index in [1.54, 1.807) is 0 Å². The molecule has 0 N–H and O–H groups in total. The van der Waals surface area contributed by atoms with Gasteiger partial charge in [-0.2, -0.15) is 0 Å². The Morgan fingerprint density at radius 3 is 3.08 bits per heavy atom. The smallest absolute Gasteiger partial charge is 0.315 e. The Kier molecular flexibility index (Phi) is 1.89. The molecule has 0 fully saturated rings. The van der Waals surface area contributed by atoms with Crippen LogP contribution in [0.25, 0.3) is 6.08 Å². The van der Waals surface area contributed by atoms with Gasteiger partial charge >= 0.3 is 5.97 Å². The van der Waals surface area contributed by atoms with E-state index in [2.05, 4.69) is 0 Å². The van der Waals surface area contributed by atoms with Crippen LogP contribution in [0.15, 0.2) is 24.3 Å². The molecule has 1 heterocycles. The molecule has 1 aliphatic heterocycles. The average molecular weight is 174 g/mol. The standard InChI is InChI=1S/C11H10O2/c1-8-4-2-5-9-6-3-7-10(12)13-11(8)9/h2-6H,7H2,1H3. The fraction of sp³-hybridized carbons (Fsp3) is 0.182. The summed E-state index contributed by atoms with van der Waals surface area (Å²) in [6.45, 7) is 1.94. The minimum atomic E-state index is -0.190. The minimum absolute atomic E-state index is 0.190. The van der Waals surface area contributed by atoms with E-state index < -0.39 is 0 Å². The van der Waals surface area contributed by atoms with Gasteiger partial charge in [-0.15, -0.1) is 0 Å². The lowest BCUT2D eigenvalue weighted by Gasteiger charge is -2.06. The second kappa shape index (κ2) is 3.05. The lowest BCUT2D eigenvalue weighted by Crippen LogP contribution is -2.06. The van der Waals surface area contributed by atoms with E-state index in [0.29, 0.717) is 12.2 Å². The van der Waals surface area contributed by atoms with Gasteiger partial charge < -0.3 is 4.74 Å². The molecule has 1 aromatic rings. The topological polar surface area (TPSA) is 26.3 Å². The second-order valence-corrected chi connectivity index (χ2v) is 3.07. The zero-order valence-electron chi connectivity index (χ0n) is 7.41. The van der Waals surface area contributed by atoms with Gasteiger partial charge in [0.1, 0.15) is 5.75 Å². The van der Waals surface area contributed by atoms with Gasteiger partial charge in [0.2, 0.25) is 0 Å². The minimum Gasteiger partial charge on any atom is -0.425 e. The molecule has 0 aromatic heterocycles. The molecule has 1 aliphatic rings. The molecule has 1 aromatic carbocycles. The lowest BCUT2D eigenvalue weighted by atomic mass is 10.1. The van der Waals surface area contributed by atoms with Gasteiger partial charge in [0, 0.05) is 5.56 Å². The number of ether oxygens (including phenoxy) is 1. The van der Waals surface area contributed by atoms with Gasteiger partial charge in [0.05, 0.1) is 6.42 Å². The zero-order valence-corrected chi connectivity index (χ0v) is 7.41. The number of carbonyl (C=O) groups excluding carboxylic acids is 1. The Bertz CT molecular complexity index is 378. The summed E-state index contributed by atoms with van der Waals surface area (Å²) in [5, 5.41) is 0. The van der Waals surface area contributed by atoms with Crippen LogP contribution in [0.3, 0.4) is 0 Å². The van der Waals surface area contributed by atoms with Crippen LogP contribution < -0.4 is 4.74 Å². The summed E-state index contributed by atoms with van der Waals surface area (Å²) in [6.07, 6.45) is 4.11. The molecule has 66 valence electrons. The molecule has 0 saturated heterocycles. The van der Waals surface area contributed by atoms with Crippen LogP contribution in [-0.2, 0) is 4.79 Å². The maximum atomic E-state index is 11.1.